The second-order valence-electron chi connectivity index (χ2n) is 6.78. The van der Waals surface area contributed by atoms with Crippen molar-refractivity contribution in [3.63, 3.8) is 0 Å². The zero-order valence-electron chi connectivity index (χ0n) is 15.5. The fourth-order valence-electron chi connectivity index (χ4n) is 3.42. The Kier molecular flexibility index (Phi) is 8.07. The van der Waals surface area contributed by atoms with Gasteiger partial charge < -0.3 is 10.2 Å². The third-order valence-electron chi connectivity index (χ3n) is 4.86. The number of rotatable bonds is 6. The molecule has 0 saturated carbocycles. The summed E-state index contributed by atoms with van der Waals surface area (Å²) in [6.07, 6.45) is 3.77. The summed E-state index contributed by atoms with van der Waals surface area (Å²) in [5.74, 6) is 0.782. The van der Waals surface area contributed by atoms with Crippen molar-refractivity contribution in [3.8, 4) is 10.6 Å². The number of aromatic nitrogens is 1. The number of nitrogens with one attached hydrogen (secondary N) is 1. The van der Waals surface area contributed by atoms with Crippen LogP contribution in [0.2, 0.25) is 0 Å². The van der Waals surface area contributed by atoms with Crippen LogP contribution in [0.3, 0.4) is 0 Å². The van der Waals surface area contributed by atoms with Crippen molar-refractivity contribution < 1.29 is 4.79 Å². The third kappa shape index (κ3) is 5.29. The number of likely N-dealkylation sites (tertiary alicyclic amines) is 1. The molecule has 1 atom stereocenters. The molecular weight excluding hydrogens is 366 g/mol. The standard InChI is InChI=1S/C20H27N3OS.ClH/c1-3-15-6-8-17(9-7-15)20-22-18(14-25-20)11-19(24)23-10-4-5-16(13-23)12-21-2;/h6-9,14,16,21H,3-5,10-13H2,1-2H3;1H. The highest BCUT2D eigenvalue weighted by molar-refractivity contribution is 7.13. The number of aryl methyl sites for hydroxylation is 1. The molecule has 0 radical (unpaired) electrons. The fraction of sp³-hybridized carbons (Fsp3) is 0.500. The predicted molar refractivity (Wildman–Crippen MR) is 111 cm³/mol. The first-order valence-electron chi connectivity index (χ1n) is 9.15. The molecule has 1 saturated heterocycles. The van der Waals surface area contributed by atoms with Crippen LogP contribution < -0.4 is 5.32 Å². The molecule has 0 spiro atoms. The van der Waals surface area contributed by atoms with Crippen LogP contribution in [0, 0.1) is 5.92 Å². The van der Waals surface area contributed by atoms with Crippen molar-refractivity contribution in [2.75, 3.05) is 26.7 Å². The lowest BCUT2D eigenvalue weighted by Crippen LogP contribution is -2.43. The average molecular weight is 394 g/mol. The van der Waals surface area contributed by atoms with Crippen LogP contribution in [0.4, 0.5) is 0 Å². The van der Waals surface area contributed by atoms with Gasteiger partial charge in [-0.15, -0.1) is 23.7 Å². The average Bonchev–Trinajstić information content (AvgIpc) is 3.11. The summed E-state index contributed by atoms with van der Waals surface area (Å²) in [6.45, 7) is 4.89. The molecule has 6 heteroatoms. The molecule has 1 N–H and O–H groups in total. The van der Waals surface area contributed by atoms with Gasteiger partial charge in [-0.05, 0) is 44.3 Å². The van der Waals surface area contributed by atoms with Crippen molar-refractivity contribution in [3.05, 3.63) is 40.9 Å². The Labute approximate surface area is 166 Å². The first-order chi connectivity index (χ1) is 12.2. The molecule has 142 valence electrons. The van der Waals surface area contributed by atoms with E-state index in [4.69, 9.17) is 0 Å². The summed E-state index contributed by atoms with van der Waals surface area (Å²) in [4.78, 5) is 19.3. The van der Waals surface area contributed by atoms with Gasteiger partial charge in [0.1, 0.15) is 5.01 Å². The number of carbonyl (C=O) groups is 1. The minimum Gasteiger partial charge on any atom is -0.342 e. The summed E-state index contributed by atoms with van der Waals surface area (Å²) < 4.78 is 0. The molecular formula is C20H28ClN3OS. The van der Waals surface area contributed by atoms with Gasteiger partial charge in [-0.3, -0.25) is 4.79 Å². The molecule has 1 aromatic heterocycles. The molecule has 0 aliphatic carbocycles. The first kappa shape index (κ1) is 20.9. The van der Waals surface area contributed by atoms with Gasteiger partial charge in [0.15, 0.2) is 0 Å². The third-order valence-corrected chi connectivity index (χ3v) is 5.80. The fourth-order valence-corrected chi connectivity index (χ4v) is 4.24. The quantitative estimate of drug-likeness (QED) is 0.811. The van der Waals surface area contributed by atoms with E-state index < -0.39 is 0 Å². The number of hydrogen-bond donors (Lipinski definition) is 1. The maximum atomic E-state index is 12.6. The van der Waals surface area contributed by atoms with E-state index in [1.54, 1.807) is 11.3 Å². The van der Waals surface area contributed by atoms with Gasteiger partial charge >= 0.3 is 0 Å². The zero-order chi connectivity index (χ0) is 17.6. The summed E-state index contributed by atoms with van der Waals surface area (Å²) in [5.41, 5.74) is 3.35. The zero-order valence-corrected chi connectivity index (χ0v) is 17.2. The van der Waals surface area contributed by atoms with E-state index in [-0.39, 0.29) is 18.3 Å². The maximum absolute atomic E-state index is 12.6. The second kappa shape index (κ2) is 10.0. The Morgan fingerprint density at radius 1 is 1.35 bits per heavy atom. The number of amides is 1. The molecule has 1 unspecified atom stereocenters. The lowest BCUT2D eigenvalue weighted by Gasteiger charge is -2.32. The summed E-state index contributed by atoms with van der Waals surface area (Å²) in [6, 6.07) is 8.54. The van der Waals surface area contributed by atoms with E-state index in [0.717, 1.165) is 48.7 Å². The maximum Gasteiger partial charge on any atom is 0.228 e. The van der Waals surface area contributed by atoms with Gasteiger partial charge in [0, 0.05) is 24.0 Å². The molecule has 4 nitrogen and oxygen atoms in total. The monoisotopic (exact) mass is 393 g/mol. The Bertz CT molecular complexity index is 699. The van der Waals surface area contributed by atoms with Gasteiger partial charge in [-0.1, -0.05) is 31.2 Å². The van der Waals surface area contributed by atoms with Gasteiger partial charge in [0.2, 0.25) is 5.91 Å². The Morgan fingerprint density at radius 3 is 2.81 bits per heavy atom. The minimum atomic E-state index is 0. The van der Waals surface area contributed by atoms with E-state index in [1.807, 2.05) is 17.3 Å². The van der Waals surface area contributed by atoms with Crippen LogP contribution in [0.15, 0.2) is 29.6 Å². The predicted octanol–water partition coefficient (Wildman–Crippen LogP) is 3.79. The van der Waals surface area contributed by atoms with Crippen LogP contribution in [-0.2, 0) is 17.6 Å². The van der Waals surface area contributed by atoms with E-state index in [9.17, 15) is 4.79 Å². The number of nitrogens with zero attached hydrogens (tertiary/aromatic N) is 2. The smallest absolute Gasteiger partial charge is 0.228 e. The highest BCUT2D eigenvalue weighted by atomic mass is 35.5. The van der Waals surface area contributed by atoms with Gasteiger partial charge in [-0.25, -0.2) is 4.98 Å². The highest BCUT2D eigenvalue weighted by Crippen LogP contribution is 2.25. The van der Waals surface area contributed by atoms with Crippen LogP contribution in [0.1, 0.15) is 31.0 Å². The molecule has 1 amide bonds. The number of piperidine rings is 1. The van der Waals surface area contributed by atoms with Crippen LogP contribution >= 0.6 is 23.7 Å². The normalized spacial score (nSPS) is 17.0. The van der Waals surface area contributed by atoms with Crippen molar-refractivity contribution in [1.29, 1.82) is 0 Å². The van der Waals surface area contributed by atoms with Gasteiger partial charge in [0.25, 0.3) is 0 Å². The van der Waals surface area contributed by atoms with Crippen LogP contribution in [-0.4, -0.2) is 42.5 Å². The van der Waals surface area contributed by atoms with E-state index in [1.165, 1.54) is 12.0 Å². The molecule has 1 aliphatic rings. The molecule has 0 bridgehead atoms. The topological polar surface area (TPSA) is 45.2 Å². The van der Waals surface area contributed by atoms with Crippen molar-refractivity contribution in [1.82, 2.24) is 15.2 Å². The SMILES string of the molecule is CCc1ccc(-c2nc(CC(=O)N3CCCC(CNC)C3)cs2)cc1.Cl. The number of carbonyl (C=O) groups excluding carboxylic acids is 1. The van der Waals surface area contributed by atoms with Crippen LogP contribution in [0.25, 0.3) is 10.6 Å². The Balaban J connectivity index is 0.00000243. The van der Waals surface area contributed by atoms with E-state index in [0.29, 0.717) is 12.3 Å². The number of hydrogen-bond acceptors (Lipinski definition) is 4. The van der Waals surface area contributed by atoms with E-state index in [2.05, 4.69) is 41.5 Å². The lowest BCUT2D eigenvalue weighted by atomic mass is 9.97. The summed E-state index contributed by atoms with van der Waals surface area (Å²) in [5, 5.41) is 6.25. The molecule has 1 fully saturated rings. The summed E-state index contributed by atoms with van der Waals surface area (Å²) in [7, 11) is 1.98. The van der Waals surface area contributed by atoms with Crippen molar-refractivity contribution in [2.45, 2.75) is 32.6 Å². The van der Waals surface area contributed by atoms with Gasteiger partial charge in [0.05, 0.1) is 12.1 Å². The molecule has 2 heterocycles. The Hall–Kier alpha value is -1.43. The molecule has 3 rings (SSSR count). The van der Waals surface area contributed by atoms with Crippen LogP contribution in [0.5, 0.6) is 0 Å². The molecule has 26 heavy (non-hydrogen) atoms. The van der Waals surface area contributed by atoms with E-state index >= 15 is 0 Å². The summed E-state index contributed by atoms with van der Waals surface area (Å²) >= 11 is 1.62. The number of halogens is 1. The van der Waals surface area contributed by atoms with Gasteiger partial charge in [-0.2, -0.15) is 0 Å². The number of thiazole rings is 1. The minimum absolute atomic E-state index is 0. The highest BCUT2D eigenvalue weighted by Gasteiger charge is 2.23. The molecule has 2 aromatic rings. The molecule has 1 aliphatic heterocycles. The number of benzene rings is 1. The van der Waals surface area contributed by atoms with Crippen molar-refractivity contribution >= 4 is 29.7 Å². The Morgan fingerprint density at radius 2 is 2.12 bits per heavy atom. The first-order valence-corrected chi connectivity index (χ1v) is 10.0. The molecule has 1 aromatic carbocycles. The van der Waals surface area contributed by atoms with Crippen molar-refractivity contribution in [2.24, 2.45) is 5.92 Å². The lowest BCUT2D eigenvalue weighted by molar-refractivity contribution is -0.132. The second-order valence-corrected chi connectivity index (χ2v) is 7.64. The largest absolute Gasteiger partial charge is 0.342 e.